The van der Waals surface area contributed by atoms with E-state index in [4.69, 9.17) is 0 Å². The first-order valence-corrected chi connectivity index (χ1v) is 2.33. The summed E-state index contributed by atoms with van der Waals surface area (Å²) in [6.45, 7) is 5.25. The van der Waals surface area contributed by atoms with E-state index in [1.807, 2.05) is 33.0 Å². The van der Waals surface area contributed by atoms with Crippen molar-refractivity contribution in [2.24, 2.45) is 0 Å². The number of allylic oxidation sites excluding steroid dienone is 1. The smallest absolute Gasteiger partial charge is 0.0140 e. The second kappa shape index (κ2) is 9.20. The molecular formula is C6H15N. The molecule has 7 heavy (non-hydrogen) atoms. The number of hydrogen-bond donors (Lipinski definition) is 0. The third-order valence-corrected chi connectivity index (χ3v) is 0. The summed E-state index contributed by atoms with van der Waals surface area (Å²) in [5, 5.41) is 0. The highest BCUT2D eigenvalue weighted by molar-refractivity contribution is 4.51. The third-order valence-electron chi connectivity index (χ3n) is 0. The largest absolute Gasteiger partial charge is 0.312 e. The zero-order chi connectivity index (χ0) is 6.28. The van der Waals surface area contributed by atoms with E-state index in [0.717, 1.165) is 0 Å². The van der Waals surface area contributed by atoms with Crippen molar-refractivity contribution in [3.63, 3.8) is 0 Å². The Balaban J connectivity index is 0. The van der Waals surface area contributed by atoms with Gasteiger partial charge in [-0.2, -0.15) is 0 Å². The zero-order valence-corrected chi connectivity index (χ0v) is 5.73. The van der Waals surface area contributed by atoms with Gasteiger partial charge in [-0.05, 0) is 28.1 Å². The Hall–Kier alpha value is -0.300. The topological polar surface area (TPSA) is 3.24 Å². The van der Waals surface area contributed by atoms with E-state index in [9.17, 15) is 0 Å². The van der Waals surface area contributed by atoms with Gasteiger partial charge in [-0.15, -0.1) is 6.58 Å². The van der Waals surface area contributed by atoms with Gasteiger partial charge in [0.15, 0.2) is 0 Å². The summed E-state index contributed by atoms with van der Waals surface area (Å²) in [5.74, 6) is 0. The van der Waals surface area contributed by atoms with Crippen LogP contribution in [0.5, 0.6) is 0 Å². The minimum absolute atomic E-state index is 1.75. The molecule has 0 amide bonds. The van der Waals surface area contributed by atoms with Gasteiger partial charge in [-0.3, -0.25) is 0 Å². The summed E-state index contributed by atoms with van der Waals surface area (Å²) < 4.78 is 0. The van der Waals surface area contributed by atoms with Crippen molar-refractivity contribution in [3.05, 3.63) is 12.7 Å². The molecule has 1 heteroatoms. The average Bonchev–Trinajstić information content (AvgIpc) is 1.33. The molecule has 0 aromatic rings. The molecule has 0 fully saturated rings. The van der Waals surface area contributed by atoms with Crippen LogP contribution in [0.3, 0.4) is 0 Å². The van der Waals surface area contributed by atoms with Crippen LogP contribution < -0.4 is 0 Å². The lowest BCUT2D eigenvalue weighted by molar-refractivity contribution is 0.505. The van der Waals surface area contributed by atoms with Gasteiger partial charge >= 0.3 is 0 Å². The summed E-state index contributed by atoms with van der Waals surface area (Å²) in [4.78, 5) is 2.00. The molecule has 0 atom stereocenters. The third kappa shape index (κ3) is 867. The normalized spacial score (nSPS) is 7.00. The fourth-order valence-corrected chi connectivity index (χ4v) is 0. The molecule has 0 saturated carbocycles. The zero-order valence-electron chi connectivity index (χ0n) is 5.73. The van der Waals surface area contributed by atoms with Crippen molar-refractivity contribution >= 4 is 0 Å². The quantitative estimate of drug-likeness (QED) is 0.416. The lowest BCUT2D eigenvalue weighted by Gasteiger charge is -1.90. The van der Waals surface area contributed by atoms with Gasteiger partial charge in [0.25, 0.3) is 0 Å². The number of nitrogens with zero attached hydrogens (tertiary/aromatic N) is 1. The van der Waals surface area contributed by atoms with Crippen LogP contribution in [0, 0.1) is 0 Å². The standard InChI is InChI=1S/C3H9N.C3H6/c1-4(2)3;1-3-2/h1-3H3;3H,1H2,2H3. The van der Waals surface area contributed by atoms with Crippen LogP contribution in [-0.4, -0.2) is 26.0 Å². The molecule has 0 aliphatic rings. The first-order valence-electron chi connectivity index (χ1n) is 2.33. The van der Waals surface area contributed by atoms with Gasteiger partial charge in [0.2, 0.25) is 0 Å². The number of rotatable bonds is 0. The number of hydrogen-bond acceptors (Lipinski definition) is 1. The fraction of sp³-hybridized carbons (Fsp3) is 0.667. The van der Waals surface area contributed by atoms with E-state index in [0.29, 0.717) is 0 Å². The summed E-state index contributed by atoms with van der Waals surface area (Å²) in [6, 6.07) is 0. The minimum Gasteiger partial charge on any atom is -0.312 e. The van der Waals surface area contributed by atoms with Crippen LogP contribution in [0.15, 0.2) is 12.7 Å². The lowest BCUT2D eigenvalue weighted by Crippen LogP contribution is -1.99. The molecule has 0 aliphatic carbocycles. The lowest BCUT2D eigenvalue weighted by atomic mass is 10.8. The van der Waals surface area contributed by atoms with E-state index >= 15 is 0 Å². The van der Waals surface area contributed by atoms with Gasteiger partial charge in [-0.25, -0.2) is 0 Å². The Bertz CT molecular complexity index is 28.4. The van der Waals surface area contributed by atoms with Crippen LogP contribution in [-0.2, 0) is 0 Å². The molecule has 0 N–H and O–H groups in total. The molecule has 0 saturated heterocycles. The van der Waals surface area contributed by atoms with Crippen LogP contribution in [0.1, 0.15) is 6.92 Å². The van der Waals surface area contributed by atoms with E-state index in [2.05, 4.69) is 6.58 Å². The van der Waals surface area contributed by atoms with E-state index in [1.54, 1.807) is 6.08 Å². The molecule has 0 rings (SSSR count). The van der Waals surface area contributed by atoms with Crippen molar-refractivity contribution in [2.45, 2.75) is 6.92 Å². The maximum Gasteiger partial charge on any atom is -0.0140 e. The predicted molar refractivity (Wildman–Crippen MR) is 35.5 cm³/mol. The molecule has 0 unspecified atom stereocenters. The van der Waals surface area contributed by atoms with Crippen LogP contribution >= 0.6 is 0 Å². The summed E-state index contributed by atoms with van der Waals surface area (Å²) in [7, 11) is 6.00. The average molecular weight is 101 g/mol. The van der Waals surface area contributed by atoms with Crippen LogP contribution in [0.2, 0.25) is 0 Å². The van der Waals surface area contributed by atoms with Gasteiger partial charge in [0.05, 0.1) is 0 Å². The molecule has 1 nitrogen and oxygen atoms in total. The molecule has 0 aromatic heterocycles. The van der Waals surface area contributed by atoms with Gasteiger partial charge < -0.3 is 4.90 Å². The van der Waals surface area contributed by atoms with Gasteiger partial charge in [-0.1, -0.05) is 6.08 Å². The summed E-state index contributed by atoms with van der Waals surface area (Å²) in [6.07, 6.45) is 1.75. The Morgan fingerprint density at radius 3 is 1.29 bits per heavy atom. The molecule has 0 bridgehead atoms. The van der Waals surface area contributed by atoms with E-state index in [1.165, 1.54) is 0 Å². The van der Waals surface area contributed by atoms with Gasteiger partial charge in [0, 0.05) is 0 Å². The maximum atomic E-state index is 3.36. The van der Waals surface area contributed by atoms with Crippen molar-refractivity contribution in [1.29, 1.82) is 0 Å². The Morgan fingerprint density at radius 1 is 1.29 bits per heavy atom. The molecule has 0 aliphatic heterocycles. The highest BCUT2D eigenvalue weighted by Gasteiger charge is 1.58. The first kappa shape index (κ1) is 9.85. The van der Waals surface area contributed by atoms with Crippen molar-refractivity contribution in [1.82, 2.24) is 4.90 Å². The van der Waals surface area contributed by atoms with Crippen molar-refractivity contribution in [2.75, 3.05) is 21.1 Å². The molecule has 0 aromatic carbocycles. The Labute approximate surface area is 46.6 Å². The van der Waals surface area contributed by atoms with Crippen molar-refractivity contribution < 1.29 is 0 Å². The fourth-order valence-electron chi connectivity index (χ4n) is 0. The molecule has 0 spiro atoms. The second-order valence-electron chi connectivity index (χ2n) is 1.75. The highest BCUT2D eigenvalue weighted by atomic mass is 15.0. The van der Waals surface area contributed by atoms with Crippen LogP contribution in [0.4, 0.5) is 0 Å². The second-order valence-corrected chi connectivity index (χ2v) is 1.75. The van der Waals surface area contributed by atoms with E-state index in [-0.39, 0.29) is 0 Å². The van der Waals surface area contributed by atoms with Crippen LogP contribution in [0.25, 0.3) is 0 Å². The molecule has 0 radical (unpaired) electrons. The molecule has 0 heterocycles. The van der Waals surface area contributed by atoms with Gasteiger partial charge in [0.1, 0.15) is 0 Å². The summed E-state index contributed by atoms with van der Waals surface area (Å²) >= 11 is 0. The monoisotopic (exact) mass is 101 g/mol. The Kier molecular flexibility index (Phi) is 12.9. The Morgan fingerprint density at radius 2 is 1.29 bits per heavy atom. The highest BCUT2D eigenvalue weighted by Crippen LogP contribution is 1.47. The van der Waals surface area contributed by atoms with Crippen molar-refractivity contribution in [3.8, 4) is 0 Å². The minimum atomic E-state index is 1.75. The molecule has 44 valence electrons. The van der Waals surface area contributed by atoms with E-state index < -0.39 is 0 Å². The molecular weight excluding hydrogens is 86.1 g/mol. The summed E-state index contributed by atoms with van der Waals surface area (Å²) in [5.41, 5.74) is 0. The maximum absolute atomic E-state index is 3.36. The first-order chi connectivity index (χ1) is 3.15. The SMILES string of the molecule is C=CC.CN(C)C. The predicted octanol–water partition coefficient (Wildman–Crippen LogP) is 1.37.